The van der Waals surface area contributed by atoms with Crippen LogP contribution in [0, 0.1) is 0 Å². The summed E-state index contributed by atoms with van der Waals surface area (Å²) in [7, 11) is 0. The zero-order valence-corrected chi connectivity index (χ0v) is 13.4. The molecule has 2 atom stereocenters. The van der Waals surface area contributed by atoms with Crippen molar-refractivity contribution in [2.75, 3.05) is 36.5 Å². The monoisotopic (exact) mass is 294 g/mol. The summed E-state index contributed by atoms with van der Waals surface area (Å²) in [6.45, 7) is 11.8. The second-order valence-electron chi connectivity index (χ2n) is 5.34. The minimum absolute atomic E-state index is 0.217. The number of nitrogens with zero attached hydrogens (tertiary/aromatic N) is 3. The fourth-order valence-corrected chi connectivity index (χ4v) is 2.38. The topological polar surface area (TPSA) is 59.5 Å². The highest BCUT2D eigenvalue weighted by Gasteiger charge is 2.25. The predicted molar refractivity (Wildman–Crippen MR) is 83.7 cm³/mol. The van der Waals surface area contributed by atoms with E-state index in [9.17, 15) is 0 Å². The molecule has 0 radical (unpaired) electrons. The highest BCUT2D eigenvalue weighted by atomic mass is 16.5. The fraction of sp³-hybridized carbons (Fsp3) is 0.733. The Morgan fingerprint density at radius 3 is 2.90 bits per heavy atom. The van der Waals surface area contributed by atoms with E-state index in [0.717, 1.165) is 37.2 Å². The highest BCUT2D eigenvalue weighted by molar-refractivity contribution is 5.50. The molecule has 1 aromatic heterocycles. The molecular weight excluding hydrogens is 268 g/mol. The lowest BCUT2D eigenvalue weighted by Gasteiger charge is -2.37. The van der Waals surface area contributed by atoms with Gasteiger partial charge in [-0.25, -0.2) is 9.97 Å². The molecular formula is C15H26N4O2. The number of anilines is 2. The number of rotatable bonds is 6. The van der Waals surface area contributed by atoms with Gasteiger partial charge in [0, 0.05) is 25.8 Å². The predicted octanol–water partition coefficient (Wildman–Crippen LogP) is 2.06. The average Bonchev–Trinajstić information content (AvgIpc) is 2.48. The van der Waals surface area contributed by atoms with Gasteiger partial charge in [-0.05, 0) is 27.7 Å². The van der Waals surface area contributed by atoms with Gasteiger partial charge in [-0.3, -0.25) is 0 Å². The molecule has 118 valence electrons. The number of aromatic nitrogens is 2. The summed E-state index contributed by atoms with van der Waals surface area (Å²) in [6.07, 6.45) is 0.217. The molecule has 2 heterocycles. The zero-order valence-electron chi connectivity index (χ0n) is 13.4. The van der Waals surface area contributed by atoms with Gasteiger partial charge in [0.25, 0.3) is 0 Å². The molecule has 1 N–H and O–H groups in total. The third kappa shape index (κ3) is 4.28. The Morgan fingerprint density at radius 2 is 2.19 bits per heavy atom. The van der Waals surface area contributed by atoms with Crippen LogP contribution in [-0.2, 0) is 16.1 Å². The first-order valence-electron chi connectivity index (χ1n) is 7.71. The van der Waals surface area contributed by atoms with E-state index in [-0.39, 0.29) is 6.10 Å². The Hall–Kier alpha value is -1.40. The lowest BCUT2D eigenvalue weighted by molar-refractivity contribution is 0.0340. The van der Waals surface area contributed by atoms with Crippen LogP contribution < -0.4 is 10.2 Å². The van der Waals surface area contributed by atoms with Crippen LogP contribution in [0.5, 0.6) is 0 Å². The maximum absolute atomic E-state index is 5.69. The van der Waals surface area contributed by atoms with Gasteiger partial charge >= 0.3 is 0 Å². The van der Waals surface area contributed by atoms with E-state index in [2.05, 4.69) is 41.0 Å². The molecule has 0 amide bonds. The molecule has 0 saturated carbocycles. The van der Waals surface area contributed by atoms with Gasteiger partial charge in [0.2, 0.25) is 0 Å². The number of hydrogen-bond acceptors (Lipinski definition) is 6. The van der Waals surface area contributed by atoms with Gasteiger partial charge in [-0.1, -0.05) is 0 Å². The van der Waals surface area contributed by atoms with E-state index in [1.807, 2.05) is 13.0 Å². The fourth-order valence-electron chi connectivity index (χ4n) is 2.38. The van der Waals surface area contributed by atoms with Gasteiger partial charge in [0.15, 0.2) is 5.82 Å². The molecule has 2 unspecified atom stereocenters. The smallest absolute Gasteiger partial charge is 0.158 e. The Kier molecular flexibility index (Phi) is 5.76. The minimum atomic E-state index is 0.217. The lowest BCUT2D eigenvalue weighted by atomic mass is 10.2. The summed E-state index contributed by atoms with van der Waals surface area (Å²) in [6, 6.07) is 2.32. The second kappa shape index (κ2) is 7.56. The van der Waals surface area contributed by atoms with Crippen LogP contribution in [0.2, 0.25) is 0 Å². The first-order chi connectivity index (χ1) is 10.1. The van der Waals surface area contributed by atoms with Crippen molar-refractivity contribution < 1.29 is 9.47 Å². The van der Waals surface area contributed by atoms with Gasteiger partial charge in [-0.15, -0.1) is 0 Å². The summed E-state index contributed by atoms with van der Waals surface area (Å²) in [5, 5.41) is 3.27. The van der Waals surface area contributed by atoms with Crippen molar-refractivity contribution in [2.45, 2.75) is 46.4 Å². The van der Waals surface area contributed by atoms with E-state index in [4.69, 9.17) is 9.47 Å². The van der Waals surface area contributed by atoms with Gasteiger partial charge in [-0.2, -0.15) is 0 Å². The average molecular weight is 294 g/mol. The van der Waals surface area contributed by atoms with Gasteiger partial charge in [0.05, 0.1) is 18.8 Å². The molecule has 0 bridgehead atoms. The van der Waals surface area contributed by atoms with Crippen molar-refractivity contribution in [3.05, 3.63) is 11.9 Å². The van der Waals surface area contributed by atoms with Crippen LogP contribution in [0.3, 0.4) is 0 Å². The van der Waals surface area contributed by atoms with Crippen molar-refractivity contribution in [1.29, 1.82) is 0 Å². The van der Waals surface area contributed by atoms with Crippen LogP contribution in [0.4, 0.5) is 11.6 Å². The molecule has 0 aromatic carbocycles. The van der Waals surface area contributed by atoms with E-state index in [1.165, 1.54) is 0 Å². The van der Waals surface area contributed by atoms with Crippen LogP contribution >= 0.6 is 0 Å². The SMILES string of the molecule is CCNc1cc(N2CC(C)OCC2C)nc(COCC)n1. The summed E-state index contributed by atoms with van der Waals surface area (Å²) < 4.78 is 11.1. The Morgan fingerprint density at radius 1 is 1.38 bits per heavy atom. The second-order valence-corrected chi connectivity index (χ2v) is 5.34. The number of ether oxygens (including phenoxy) is 2. The Balaban J connectivity index is 2.25. The minimum Gasteiger partial charge on any atom is -0.375 e. The summed E-state index contributed by atoms with van der Waals surface area (Å²) in [5.74, 6) is 2.51. The van der Waals surface area contributed by atoms with E-state index < -0.39 is 0 Å². The molecule has 1 saturated heterocycles. The van der Waals surface area contributed by atoms with Crippen LogP contribution in [0.25, 0.3) is 0 Å². The number of nitrogens with one attached hydrogen (secondary N) is 1. The van der Waals surface area contributed by atoms with Crippen molar-refractivity contribution in [3.63, 3.8) is 0 Å². The van der Waals surface area contributed by atoms with E-state index >= 15 is 0 Å². The first-order valence-corrected chi connectivity index (χ1v) is 7.71. The van der Waals surface area contributed by atoms with Gasteiger partial charge in [0.1, 0.15) is 18.2 Å². The molecule has 1 aliphatic rings. The summed E-state index contributed by atoms with van der Waals surface area (Å²) in [4.78, 5) is 11.4. The Labute approximate surface area is 126 Å². The normalized spacial score (nSPS) is 22.4. The molecule has 6 heteroatoms. The van der Waals surface area contributed by atoms with Crippen LogP contribution in [0.1, 0.15) is 33.5 Å². The molecule has 2 rings (SSSR count). The summed E-state index contributed by atoms with van der Waals surface area (Å²) in [5.41, 5.74) is 0. The van der Waals surface area contributed by atoms with Crippen LogP contribution in [0.15, 0.2) is 6.07 Å². The number of morpholine rings is 1. The molecule has 0 aliphatic carbocycles. The summed E-state index contributed by atoms with van der Waals surface area (Å²) >= 11 is 0. The standard InChI is InChI=1S/C15H26N4O2/c1-5-16-13-7-15(18-14(17-13)10-20-6-2)19-8-12(4)21-9-11(19)3/h7,11-12H,5-6,8-10H2,1-4H3,(H,16,17,18). The first kappa shape index (κ1) is 16.0. The molecule has 0 spiro atoms. The molecule has 6 nitrogen and oxygen atoms in total. The van der Waals surface area contributed by atoms with E-state index in [0.29, 0.717) is 19.3 Å². The quantitative estimate of drug-likeness (QED) is 0.866. The largest absolute Gasteiger partial charge is 0.375 e. The third-order valence-corrected chi connectivity index (χ3v) is 3.45. The van der Waals surface area contributed by atoms with Gasteiger partial charge < -0.3 is 19.7 Å². The third-order valence-electron chi connectivity index (χ3n) is 3.45. The zero-order chi connectivity index (χ0) is 15.2. The van der Waals surface area contributed by atoms with Crippen LogP contribution in [-0.4, -0.2) is 48.4 Å². The van der Waals surface area contributed by atoms with Crippen molar-refractivity contribution >= 4 is 11.6 Å². The van der Waals surface area contributed by atoms with Crippen molar-refractivity contribution in [3.8, 4) is 0 Å². The maximum atomic E-state index is 5.69. The lowest BCUT2D eigenvalue weighted by Crippen LogP contribution is -2.47. The molecule has 21 heavy (non-hydrogen) atoms. The number of hydrogen-bond donors (Lipinski definition) is 1. The molecule has 1 fully saturated rings. The van der Waals surface area contributed by atoms with Crippen molar-refractivity contribution in [1.82, 2.24) is 9.97 Å². The van der Waals surface area contributed by atoms with E-state index in [1.54, 1.807) is 0 Å². The highest BCUT2D eigenvalue weighted by Crippen LogP contribution is 2.22. The molecule has 1 aliphatic heterocycles. The Bertz CT molecular complexity index is 455. The van der Waals surface area contributed by atoms with Crippen molar-refractivity contribution in [2.24, 2.45) is 0 Å². The molecule has 1 aromatic rings. The maximum Gasteiger partial charge on any atom is 0.158 e.